The Balaban J connectivity index is 1.57. The first kappa shape index (κ1) is 16.8. The summed E-state index contributed by atoms with van der Waals surface area (Å²) in [6.07, 6.45) is 5.36. The number of likely N-dealkylation sites (tertiary alicyclic amines) is 1. The van der Waals surface area contributed by atoms with Crippen LogP contribution in [0.5, 0.6) is 11.5 Å². The van der Waals surface area contributed by atoms with Crippen LogP contribution in [0.1, 0.15) is 36.7 Å². The normalized spacial score (nSPS) is 17.5. The topological polar surface area (TPSA) is 51.7 Å². The number of hydrogen-bond acceptors (Lipinski definition) is 5. The first-order chi connectivity index (χ1) is 11.8. The molecule has 1 amide bonds. The molecular weight excluding hydrogens is 324 g/mol. The summed E-state index contributed by atoms with van der Waals surface area (Å²) in [6.45, 7) is 1.15. The fourth-order valence-electron chi connectivity index (χ4n) is 3.02. The van der Waals surface area contributed by atoms with Crippen LogP contribution in [0.15, 0.2) is 35.8 Å². The molecule has 0 radical (unpaired) electrons. The van der Waals surface area contributed by atoms with Crippen molar-refractivity contribution in [2.45, 2.75) is 31.7 Å². The van der Waals surface area contributed by atoms with Crippen molar-refractivity contribution in [2.24, 2.45) is 0 Å². The van der Waals surface area contributed by atoms with E-state index >= 15 is 0 Å². The van der Waals surface area contributed by atoms with Gasteiger partial charge in [-0.15, -0.1) is 11.3 Å². The Labute approximate surface area is 146 Å². The van der Waals surface area contributed by atoms with E-state index in [0.29, 0.717) is 24.5 Å². The number of benzene rings is 1. The number of para-hydroxylation sites is 2. The van der Waals surface area contributed by atoms with Crippen molar-refractivity contribution in [3.05, 3.63) is 40.8 Å². The van der Waals surface area contributed by atoms with Crippen LogP contribution in [0.3, 0.4) is 0 Å². The number of rotatable bonds is 6. The molecule has 1 aliphatic heterocycles. The minimum atomic E-state index is 0.123. The number of ether oxygens (including phenoxy) is 2. The number of aromatic nitrogens is 1. The first-order valence-electron chi connectivity index (χ1n) is 8.24. The Hall–Kier alpha value is -2.08. The molecular formula is C18H22N2O3S. The zero-order chi connectivity index (χ0) is 16.8. The van der Waals surface area contributed by atoms with Gasteiger partial charge < -0.3 is 14.4 Å². The molecule has 2 heterocycles. The minimum absolute atomic E-state index is 0.123. The third-order valence-electron chi connectivity index (χ3n) is 4.20. The van der Waals surface area contributed by atoms with Crippen molar-refractivity contribution in [3.8, 4) is 11.5 Å². The van der Waals surface area contributed by atoms with Gasteiger partial charge in [-0.2, -0.15) is 0 Å². The third-order valence-corrected chi connectivity index (χ3v) is 5.08. The second-order valence-electron chi connectivity index (χ2n) is 5.72. The van der Waals surface area contributed by atoms with Crippen molar-refractivity contribution >= 4 is 17.2 Å². The van der Waals surface area contributed by atoms with E-state index in [1.165, 1.54) is 0 Å². The molecule has 0 N–H and O–H groups in total. The number of carbonyl (C=O) groups excluding carboxylic acids is 1. The average molecular weight is 346 g/mol. The summed E-state index contributed by atoms with van der Waals surface area (Å²) in [5, 5.41) is 3.01. The van der Waals surface area contributed by atoms with Crippen LogP contribution in [-0.2, 0) is 4.79 Å². The van der Waals surface area contributed by atoms with Crippen molar-refractivity contribution < 1.29 is 14.3 Å². The smallest absolute Gasteiger partial charge is 0.226 e. The van der Waals surface area contributed by atoms with Gasteiger partial charge in [-0.05, 0) is 31.4 Å². The lowest BCUT2D eigenvalue weighted by atomic mass is 10.0. The molecule has 0 spiro atoms. The number of amides is 1. The number of nitrogens with zero attached hydrogens (tertiary/aromatic N) is 2. The fourth-order valence-corrected chi connectivity index (χ4v) is 3.80. The Morgan fingerprint density at radius 2 is 2.17 bits per heavy atom. The maximum atomic E-state index is 12.6. The summed E-state index contributed by atoms with van der Waals surface area (Å²) in [5.74, 6) is 1.48. The molecule has 0 saturated carbocycles. The van der Waals surface area contributed by atoms with Gasteiger partial charge in [-0.1, -0.05) is 12.1 Å². The van der Waals surface area contributed by atoms with E-state index in [1.54, 1.807) is 18.4 Å². The SMILES string of the molecule is COc1ccccc1OCCC(=O)N1CCCC[C@H]1c1nccs1. The molecule has 0 unspecified atom stereocenters. The van der Waals surface area contributed by atoms with Crippen LogP contribution >= 0.6 is 11.3 Å². The summed E-state index contributed by atoms with van der Waals surface area (Å²) in [4.78, 5) is 19.0. The maximum Gasteiger partial charge on any atom is 0.226 e. The summed E-state index contributed by atoms with van der Waals surface area (Å²) in [5.41, 5.74) is 0. The standard InChI is InChI=1S/C18H22N2O3S/c1-22-15-7-2-3-8-16(15)23-12-9-17(21)20-11-5-4-6-14(20)18-19-10-13-24-18/h2-3,7-8,10,13-14H,4-6,9,11-12H2,1H3/t14-/m0/s1. The van der Waals surface area contributed by atoms with Crippen LogP contribution in [0.25, 0.3) is 0 Å². The highest BCUT2D eigenvalue weighted by atomic mass is 32.1. The molecule has 24 heavy (non-hydrogen) atoms. The number of hydrogen-bond donors (Lipinski definition) is 0. The first-order valence-corrected chi connectivity index (χ1v) is 9.12. The van der Waals surface area contributed by atoms with Gasteiger partial charge in [0.1, 0.15) is 5.01 Å². The van der Waals surface area contributed by atoms with Crippen molar-refractivity contribution in [3.63, 3.8) is 0 Å². The van der Waals surface area contributed by atoms with Gasteiger partial charge in [-0.25, -0.2) is 4.98 Å². The summed E-state index contributed by atoms with van der Waals surface area (Å²) in [7, 11) is 1.61. The lowest BCUT2D eigenvalue weighted by Gasteiger charge is -2.34. The Bertz CT molecular complexity index is 660. The summed E-state index contributed by atoms with van der Waals surface area (Å²) in [6, 6.07) is 7.60. The van der Waals surface area contributed by atoms with Gasteiger partial charge >= 0.3 is 0 Å². The molecule has 2 aromatic rings. The molecule has 1 aromatic carbocycles. The minimum Gasteiger partial charge on any atom is -0.493 e. The molecule has 0 aliphatic carbocycles. The van der Waals surface area contributed by atoms with Crippen molar-refractivity contribution in [2.75, 3.05) is 20.3 Å². The highest BCUT2D eigenvalue weighted by molar-refractivity contribution is 7.09. The van der Waals surface area contributed by atoms with Gasteiger partial charge in [-0.3, -0.25) is 4.79 Å². The summed E-state index contributed by atoms with van der Waals surface area (Å²) < 4.78 is 11.0. The lowest BCUT2D eigenvalue weighted by molar-refractivity contribution is -0.135. The molecule has 1 fully saturated rings. The predicted octanol–water partition coefficient (Wildman–Crippen LogP) is 3.67. The molecule has 5 nitrogen and oxygen atoms in total. The largest absolute Gasteiger partial charge is 0.493 e. The van der Waals surface area contributed by atoms with Gasteiger partial charge in [0, 0.05) is 18.1 Å². The van der Waals surface area contributed by atoms with Crippen LogP contribution in [0, 0.1) is 0 Å². The van der Waals surface area contributed by atoms with Crippen LogP contribution < -0.4 is 9.47 Å². The zero-order valence-corrected chi connectivity index (χ0v) is 14.6. The maximum absolute atomic E-state index is 12.6. The summed E-state index contributed by atoms with van der Waals surface area (Å²) >= 11 is 1.62. The van der Waals surface area contributed by atoms with E-state index in [9.17, 15) is 4.79 Å². The van der Waals surface area contributed by atoms with E-state index in [2.05, 4.69) is 4.98 Å². The highest BCUT2D eigenvalue weighted by Gasteiger charge is 2.29. The second kappa shape index (κ2) is 8.15. The second-order valence-corrected chi connectivity index (χ2v) is 6.64. The number of piperidine rings is 1. The van der Waals surface area contributed by atoms with Crippen LogP contribution in [-0.4, -0.2) is 36.1 Å². The molecule has 1 aromatic heterocycles. The van der Waals surface area contributed by atoms with E-state index < -0.39 is 0 Å². The number of thiazole rings is 1. The molecule has 1 aliphatic rings. The lowest BCUT2D eigenvalue weighted by Crippen LogP contribution is -2.39. The zero-order valence-electron chi connectivity index (χ0n) is 13.8. The Morgan fingerprint density at radius 1 is 1.33 bits per heavy atom. The van der Waals surface area contributed by atoms with E-state index in [-0.39, 0.29) is 11.9 Å². The molecule has 3 rings (SSSR count). The predicted molar refractivity (Wildman–Crippen MR) is 93.5 cm³/mol. The quantitative estimate of drug-likeness (QED) is 0.801. The monoisotopic (exact) mass is 346 g/mol. The van der Waals surface area contributed by atoms with Gasteiger partial charge in [0.05, 0.1) is 26.2 Å². The fraction of sp³-hybridized carbons (Fsp3) is 0.444. The van der Waals surface area contributed by atoms with Gasteiger partial charge in [0.25, 0.3) is 0 Å². The Morgan fingerprint density at radius 3 is 2.92 bits per heavy atom. The van der Waals surface area contributed by atoms with E-state index in [0.717, 1.165) is 30.8 Å². The van der Waals surface area contributed by atoms with Crippen molar-refractivity contribution in [1.29, 1.82) is 0 Å². The van der Waals surface area contributed by atoms with Gasteiger partial charge in [0.15, 0.2) is 11.5 Å². The third kappa shape index (κ3) is 3.87. The van der Waals surface area contributed by atoms with Crippen molar-refractivity contribution in [1.82, 2.24) is 9.88 Å². The van der Waals surface area contributed by atoms with E-state index in [4.69, 9.17) is 9.47 Å². The molecule has 1 atom stereocenters. The number of carbonyl (C=O) groups is 1. The number of methoxy groups -OCH3 is 1. The van der Waals surface area contributed by atoms with Crippen LogP contribution in [0.4, 0.5) is 0 Å². The molecule has 0 bridgehead atoms. The van der Waals surface area contributed by atoms with E-state index in [1.807, 2.05) is 40.7 Å². The molecule has 128 valence electrons. The highest BCUT2D eigenvalue weighted by Crippen LogP contribution is 2.32. The van der Waals surface area contributed by atoms with Gasteiger partial charge in [0.2, 0.25) is 5.91 Å². The Kier molecular flexibility index (Phi) is 5.69. The molecule has 6 heteroatoms. The van der Waals surface area contributed by atoms with Crippen LogP contribution in [0.2, 0.25) is 0 Å². The molecule has 1 saturated heterocycles. The average Bonchev–Trinajstić information content (AvgIpc) is 3.16.